The molecule has 0 radical (unpaired) electrons. The first-order valence-corrected chi connectivity index (χ1v) is 8.26. The molecule has 0 aliphatic rings. The lowest BCUT2D eigenvalue weighted by Crippen LogP contribution is -2.23. The Morgan fingerprint density at radius 2 is 2.17 bits per heavy atom. The van der Waals surface area contributed by atoms with E-state index in [9.17, 15) is 9.90 Å². The van der Waals surface area contributed by atoms with Gasteiger partial charge in [-0.2, -0.15) is 0 Å². The number of hydrogen-bond acceptors (Lipinski definition) is 4. The van der Waals surface area contributed by atoms with Gasteiger partial charge in [0.1, 0.15) is 17.4 Å². The molecule has 2 aromatic heterocycles. The van der Waals surface area contributed by atoms with Crippen LogP contribution in [-0.2, 0) is 4.79 Å². The summed E-state index contributed by atoms with van der Waals surface area (Å²) in [5.41, 5.74) is 0.754. The lowest BCUT2D eigenvalue weighted by Gasteiger charge is -2.07. The van der Waals surface area contributed by atoms with Gasteiger partial charge >= 0.3 is 0 Å². The SMILES string of the molecule is O=C(/C=C/c1cccs1)NCC[C@@H](O)c1cc2ccccc2o1. The Hall–Kier alpha value is -2.37. The summed E-state index contributed by atoms with van der Waals surface area (Å²) in [6.07, 6.45) is 2.94. The number of amides is 1. The van der Waals surface area contributed by atoms with Crippen molar-refractivity contribution in [1.29, 1.82) is 0 Å². The fraction of sp³-hybridized carbons (Fsp3) is 0.167. The fourth-order valence-electron chi connectivity index (χ4n) is 2.24. The molecule has 0 saturated carbocycles. The first-order valence-electron chi connectivity index (χ1n) is 7.38. The maximum absolute atomic E-state index is 11.7. The summed E-state index contributed by atoms with van der Waals surface area (Å²) in [6.45, 7) is 0.381. The van der Waals surface area contributed by atoms with Crippen molar-refractivity contribution in [2.75, 3.05) is 6.54 Å². The van der Waals surface area contributed by atoms with E-state index in [-0.39, 0.29) is 5.91 Å². The first-order chi connectivity index (χ1) is 11.2. The quantitative estimate of drug-likeness (QED) is 0.678. The van der Waals surface area contributed by atoms with Crippen LogP contribution in [0.15, 0.2) is 58.3 Å². The van der Waals surface area contributed by atoms with Crippen LogP contribution in [0.3, 0.4) is 0 Å². The predicted molar refractivity (Wildman–Crippen MR) is 92.2 cm³/mol. The van der Waals surface area contributed by atoms with Gasteiger partial charge in [0.05, 0.1) is 0 Å². The molecule has 23 heavy (non-hydrogen) atoms. The second kappa shape index (κ2) is 7.26. The molecule has 0 aliphatic heterocycles. The molecule has 0 aliphatic carbocycles. The van der Waals surface area contributed by atoms with Crippen molar-refractivity contribution in [2.45, 2.75) is 12.5 Å². The van der Waals surface area contributed by atoms with Gasteiger partial charge in [0.15, 0.2) is 0 Å². The normalized spacial score (nSPS) is 12.7. The van der Waals surface area contributed by atoms with Gasteiger partial charge < -0.3 is 14.8 Å². The zero-order chi connectivity index (χ0) is 16.1. The Balaban J connectivity index is 1.49. The van der Waals surface area contributed by atoms with E-state index in [0.717, 1.165) is 15.8 Å². The molecule has 0 bridgehead atoms. The highest BCUT2D eigenvalue weighted by atomic mass is 32.1. The molecule has 1 atom stereocenters. The minimum Gasteiger partial charge on any atom is -0.458 e. The molecule has 2 heterocycles. The molecule has 0 unspecified atom stereocenters. The van der Waals surface area contributed by atoms with E-state index in [0.29, 0.717) is 18.7 Å². The van der Waals surface area contributed by atoms with Crippen molar-refractivity contribution in [3.05, 3.63) is 64.6 Å². The van der Waals surface area contributed by atoms with E-state index in [4.69, 9.17) is 4.42 Å². The Morgan fingerprint density at radius 1 is 1.30 bits per heavy atom. The molecule has 3 aromatic rings. The van der Waals surface area contributed by atoms with E-state index < -0.39 is 6.10 Å². The minimum atomic E-state index is -0.732. The monoisotopic (exact) mass is 327 g/mol. The minimum absolute atomic E-state index is 0.171. The highest BCUT2D eigenvalue weighted by Crippen LogP contribution is 2.25. The van der Waals surface area contributed by atoms with Crippen molar-refractivity contribution in [1.82, 2.24) is 5.32 Å². The number of furan rings is 1. The Morgan fingerprint density at radius 3 is 2.96 bits per heavy atom. The Labute approximate surface area is 138 Å². The molecule has 0 spiro atoms. The van der Waals surface area contributed by atoms with Gasteiger partial charge in [-0.25, -0.2) is 0 Å². The maximum Gasteiger partial charge on any atom is 0.244 e. The molecular formula is C18H17NO3S. The van der Waals surface area contributed by atoms with Crippen LogP contribution in [0.2, 0.25) is 0 Å². The molecule has 1 amide bonds. The molecule has 0 saturated heterocycles. The number of rotatable bonds is 6. The molecule has 1 aromatic carbocycles. The second-order valence-corrected chi connectivity index (χ2v) is 6.11. The Bertz CT molecular complexity index is 772. The van der Waals surface area contributed by atoms with Crippen LogP contribution in [-0.4, -0.2) is 17.6 Å². The van der Waals surface area contributed by atoms with Gasteiger partial charge in [-0.3, -0.25) is 4.79 Å². The third kappa shape index (κ3) is 4.09. The maximum atomic E-state index is 11.7. The van der Waals surface area contributed by atoms with E-state index in [1.807, 2.05) is 47.8 Å². The standard InChI is InChI=1S/C18H17NO3S/c20-15(17-12-13-4-1-2-6-16(13)22-17)9-10-19-18(21)8-7-14-5-3-11-23-14/h1-8,11-12,15,20H,9-10H2,(H,19,21)/b8-7+/t15-/m1/s1. The average Bonchev–Trinajstić information content (AvgIpc) is 3.22. The van der Waals surface area contributed by atoms with E-state index in [2.05, 4.69) is 5.32 Å². The molecule has 118 valence electrons. The predicted octanol–water partition coefficient (Wildman–Crippen LogP) is 3.75. The third-order valence-corrected chi connectivity index (χ3v) is 4.27. The van der Waals surface area contributed by atoms with Crippen molar-refractivity contribution in [3.8, 4) is 0 Å². The zero-order valence-corrected chi connectivity index (χ0v) is 13.3. The lowest BCUT2D eigenvalue weighted by atomic mass is 10.2. The Kier molecular flexibility index (Phi) is 4.90. The van der Waals surface area contributed by atoms with E-state index >= 15 is 0 Å². The van der Waals surface area contributed by atoms with Crippen LogP contribution >= 0.6 is 11.3 Å². The number of para-hydroxylation sites is 1. The molecule has 0 fully saturated rings. The summed E-state index contributed by atoms with van der Waals surface area (Å²) in [6, 6.07) is 13.3. The number of nitrogens with one attached hydrogen (secondary N) is 1. The van der Waals surface area contributed by atoms with Gasteiger partial charge in [0.2, 0.25) is 5.91 Å². The number of benzene rings is 1. The lowest BCUT2D eigenvalue weighted by molar-refractivity contribution is -0.116. The zero-order valence-electron chi connectivity index (χ0n) is 12.4. The second-order valence-electron chi connectivity index (χ2n) is 5.13. The van der Waals surface area contributed by atoms with E-state index in [1.165, 1.54) is 6.08 Å². The highest BCUT2D eigenvalue weighted by molar-refractivity contribution is 7.10. The number of thiophene rings is 1. The van der Waals surface area contributed by atoms with Crippen LogP contribution in [0.25, 0.3) is 17.0 Å². The first kappa shape index (κ1) is 15.5. The summed E-state index contributed by atoms with van der Waals surface area (Å²) in [4.78, 5) is 12.7. The van der Waals surface area contributed by atoms with Crippen LogP contribution in [0.1, 0.15) is 23.2 Å². The number of fused-ring (bicyclic) bond motifs is 1. The van der Waals surface area contributed by atoms with Gasteiger partial charge in [-0.1, -0.05) is 24.3 Å². The molecule has 5 heteroatoms. The highest BCUT2D eigenvalue weighted by Gasteiger charge is 2.13. The molecule has 2 N–H and O–H groups in total. The van der Waals surface area contributed by atoms with Crippen LogP contribution in [0.5, 0.6) is 0 Å². The van der Waals surface area contributed by atoms with Crippen molar-refractivity contribution >= 4 is 34.3 Å². The largest absolute Gasteiger partial charge is 0.458 e. The summed E-state index contributed by atoms with van der Waals surface area (Å²) < 4.78 is 5.61. The molecule has 4 nitrogen and oxygen atoms in total. The van der Waals surface area contributed by atoms with Crippen molar-refractivity contribution in [2.24, 2.45) is 0 Å². The smallest absolute Gasteiger partial charge is 0.244 e. The van der Waals surface area contributed by atoms with Crippen molar-refractivity contribution < 1.29 is 14.3 Å². The van der Waals surface area contributed by atoms with Gasteiger partial charge in [-0.15, -0.1) is 11.3 Å². The summed E-state index contributed by atoms with van der Waals surface area (Å²) in [7, 11) is 0. The molecule has 3 rings (SSSR count). The van der Waals surface area contributed by atoms with Crippen molar-refractivity contribution in [3.63, 3.8) is 0 Å². The summed E-state index contributed by atoms with van der Waals surface area (Å²) >= 11 is 1.57. The van der Waals surface area contributed by atoms with Gasteiger partial charge in [-0.05, 0) is 36.1 Å². The fourth-order valence-corrected chi connectivity index (χ4v) is 2.86. The average molecular weight is 327 g/mol. The number of aliphatic hydroxyl groups is 1. The van der Waals surface area contributed by atoms with Gasteiger partial charge in [0, 0.05) is 22.9 Å². The third-order valence-electron chi connectivity index (χ3n) is 3.43. The topological polar surface area (TPSA) is 62.5 Å². The van der Waals surface area contributed by atoms with Crippen LogP contribution in [0.4, 0.5) is 0 Å². The summed E-state index contributed by atoms with van der Waals surface area (Å²) in [5, 5.41) is 15.8. The van der Waals surface area contributed by atoms with Crippen LogP contribution < -0.4 is 5.32 Å². The summed E-state index contributed by atoms with van der Waals surface area (Å²) in [5.74, 6) is 0.352. The molecular weight excluding hydrogens is 310 g/mol. The number of aliphatic hydroxyl groups excluding tert-OH is 1. The van der Waals surface area contributed by atoms with Gasteiger partial charge in [0.25, 0.3) is 0 Å². The number of carbonyl (C=O) groups is 1. The van der Waals surface area contributed by atoms with Crippen LogP contribution in [0, 0.1) is 0 Å². The number of carbonyl (C=O) groups excluding carboxylic acids is 1. The number of hydrogen-bond donors (Lipinski definition) is 2. The van der Waals surface area contributed by atoms with E-state index in [1.54, 1.807) is 17.4 Å².